The molecule has 0 atom stereocenters. The summed E-state index contributed by atoms with van der Waals surface area (Å²) in [7, 11) is 0. The largest absolute Gasteiger partial charge is 0.396 e. The highest BCUT2D eigenvalue weighted by atomic mass is 32.1. The summed E-state index contributed by atoms with van der Waals surface area (Å²) < 4.78 is 0. The molecule has 2 N–H and O–H groups in total. The van der Waals surface area contributed by atoms with E-state index in [4.69, 9.17) is 5.26 Å². The molecule has 2 rings (SSSR count). The third-order valence-electron chi connectivity index (χ3n) is 3.57. The number of nitrogens with one attached hydrogen (secondary N) is 1. The fourth-order valence-electron chi connectivity index (χ4n) is 2.50. The molecule has 92 valence electrons. The van der Waals surface area contributed by atoms with Gasteiger partial charge in [0.25, 0.3) is 0 Å². The van der Waals surface area contributed by atoms with Crippen molar-refractivity contribution in [1.82, 2.24) is 5.32 Å². The molecule has 1 fully saturated rings. The lowest BCUT2D eigenvalue weighted by molar-refractivity contribution is 0.128. The second-order valence-electron chi connectivity index (χ2n) is 4.85. The van der Waals surface area contributed by atoms with Crippen LogP contribution in [0.15, 0.2) is 12.1 Å². The first-order valence-corrected chi connectivity index (χ1v) is 6.90. The topological polar surface area (TPSA) is 56.0 Å². The van der Waals surface area contributed by atoms with E-state index in [1.54, 1.807) is 0 Å². The normalized spacial score (nSPS) is 18.1. The van der Waals surface area contributed by atoms with Crippen LogP contribution in [0.5, 0.6) is 0 Å². The maximum absolute atomic E-state index is 9.48. The van der Waals surface area contributed by atoms with Gasteiger partial charge in [-0.15, -0.1) is 11.3 Å². The Morgan fingerprint density at radius 2 is 2.18 bits per heavy atom. The van der Waals surface area contributed by atoms with Crippen molar-refractivity contribution in [2.24, 2.45) is 5.41 Å². The average Bonchev–Trinajstić information content (AvgIpc) is 2.98. The molecule has 1 aromatic rings. The average molecular weight is 250 g/mol. The Hall–Kier alpha value is -0.890. The Bertz CT molecular complexity index is 402. The summed E-state index contributed by atoms with van der Waals surface area (Å²) >= 11 is 1.54. The Kier molecular flexibility index (Phi) is 4.16. The van der Waals surface area contributed by atoms with Crippen molar-refractivity contribution in [3.05, 3.63) is 21.9 Å². The molecule has 1 aliphatic rings. The quantitative estimate of drug-likeness (QED) is 0.843. The van der Waals surface area contributed by atoms with E-state index in [0.29, 0.717) is 0 Å². The van der Waals surface area contributed by atoms with Gasteiger partial charge in [0.1, 0.15) is 10.9 Å². The number of rotatable bonds is 5. The third-order valence-corrected chi connectivity index (χ3v) is 4.56. The van der Waals surface area contributed by atoms with Crippen LogP contribution in [0.3, 0.4) is 0 Å². The summed E-state index contributed by atoms with van der Waals surface area (Å²) in [5.41, 5.74) is 0.106. The van der Waals surface area contributed by atoms with Gasteiger partial charge in [0.05, 0.1) is 0 Å². The molecule has 0 amide bonds. The first-order chi connectivity index (χ1) is 8.28. The Labute approximate surface area is 106 Å². The molecule has 17 heavy (non-hydrogen) atoms. The molecule has 0 aromatic carbocycles. The Balaban J connectivity index is 1.81. The van der Waals surface area contributed by atoms with E-state index < -0.39 is 0 Å². The number of aliphatic hydroxyl groups is 1. The Morgan fingerprint density at radius 3 is 2.76 bits per heavy atom. The lowest BCUT2D eigenvalue weighted by Gasteiger charge is -2.26. The van der Waals surface area contributed by atoms with Gasteiger partial charge >= 0.3 is 0 Å². The Morgan fingerprint density at radius 1 is 1.41 bits per heavy atom. The van der Waals surface area contributed by atoms with Crippen molar-refractivity contribution < 1.29 is 5.11 Å². The molecule has 0 spiro atoms. The van der Waals surface area contributed by atoms with Crippen LogP contribution in [0.4, 0.5) is 0 Å². The van der Waals surface area contributed by atoms with Gasteiger partial charge in [-0.1, -0.05) is 12.8 Å². The predicted octanol–water partition coefficient (Wildman–Crippen LogP) is 2.26. The van der Waals surface area contributed by atoms with Gasteiger partial charge in [0, 0.05) is 30.0 Å². The number of aliphatic hydroxyl groups excluding tert-OH is 1. The van der Waals surface area contributed by atoms with Crippen LogP contribution < -0.4 is 5.32 Å². The van der Waals surface area contributed by atoms with Crippen LogP contribution in [0.25, 0.3) is 0 Å². The smallest absolute Gasteiger partial charge is 0.110 e. The lowest BCUT2D eigenvalue weighted by Crippen LogP contribution is -2.34. The van der Waals surface area contributed by atoms with Gasteiger partial charge in [-0.3, -0.25) is 0 Å². The van der Waals surface area contributed by atoms with Crippen molar-refractivity contribution in [3.8, 4) is 6.07 Å². The molecule has 1 saturated carbocycles. The SMILES string of the molecule is N#Cc1ccc(CNCC2(CO)CCCC2)s1. The molecule has 0 saturated heterocycles. The zero-order chi connectivity index (χ0) is 12.1. The zero-order valence-electron chi connectivity index (χ0n) is 9.91. The van der Waals surface area contributed by atoms with Crippen LogP contribution in [-0.4, -0.2) is 18.3 Å². The second-order valence-corrected chi connectivity index (χ2v) is 6.01. The van der Waals surface area contributed by atoms with E-state index >= 15 is 0 Å². The highest BCUT2D eigenvalue weighted by Gasteiger charge is 2.32. The minimum Gasteiger partial charge on any atom is -0.396 e. The number of nitrogens with zero attached hydrogens (tertiary/aromatic N) is 1. The molecule has 0 bridgehead atoms. The number of hydrogen-bond donors (Lipinski definition) is 2. The van der Waals surface area contributed by atoms with Gasteiger partial charge in [-0.2, -0.15) is 5.26 Å². The molecule has 3 nitrogen and oxygen atoms in total. The van der Waals surface area contributed by atoms with Crippen LogP contribution in [0, 0.1) is 16.7 Å². The van der Waals surface area contributed by atoms with Crippen molar-refractivity contribution in [3.63, 3.8) is 0 Å². The van der Waals surface area contributed by atoms with E-state index in [9.17, 15) is 5.11 Å². The monoisotopic (exact) mass is 250 g/mol. The summed E-state index contributed by atoms with van der Waals surface area (Å²) in [5, 5.41) is 21.6. The fraction of sp³-hybridized carbons (Fsp3) is 0.615. The lowest BCUT2D eigenvalue weighted by atomic mass is 9.87. The fourth-order valence-corrected chi connectivity index (χ4v) is 3.27. The first-order valence-electron chi connectivity index (χ1n) is 6.08. The zero-order valence-corrected chi connectivity index (χ0v) is 10.7. The molecule has 0 aliphatic heterocycles. The summed E-state index contributed by atoms with van der Waals surface area (Å²) in [6.07, 6.45) is 4.73. The van der Waals surface area contributed by atoms with Crippen LogP contribution in [0.2, 0.25) is 0 Å². The second kappa shape index (κ2) is 5.63. The molecular weight excluding hydrogens is 232 g/mol. The van der Waals surface area contributed by atoms with Crippen LogP contribution >= 0.6 is 11.3 Å². The third kappa shape index (κ3) is 3.06. The van der Waals surface area contributed by atoms with Gasteiger partial charge in [0.2, 0.25) is 0 Å². The molecule has 4 heteroatoms. The van der Waals surface area contributed by atoms with Gasteiger partial charge < -0.3 is 10.4 Å². The van der Waals surface area contributed by atoms with Crippen molar-refractivity contribution in [2.75, 3.05) is 13.2 Å². The maximum Gasteiger partial charge on any atom is 0.110 e. The highest BCUT2D eigenvalue weighted by Crippen LogP contribution is 2.36. The van der Waals surface area contributed by atoms with Crippen LogP contribution in [0.1, 0.15) is 35.4 Å². The standard InChI is InChI=1S/C13H18N2OS/c14-7-11-3-4-12(17-11)8-15-9-13(10-16)5-1-2-6-13/h3-4,15-16H,1-2,5-6,8-10H2. The number of nitriles is 1. The van der Waals surface area contributed by atoms with Gasteiger partial charge in [-0.25, -0.2) is 0 Å². The number of hydrogen-bond acceptors (Lipinski definition) is 4. The summed E-state index contributed by atoms with van der Waals surface area (Å²) in [6.45, 7) is 1.96. The summed E-state index contributed by atoms with van der Waals surface area (Å²) in [6, 6.07) is 6.00. The van der Waals surface area contributed by atoms with E-state index in [1.807, 2.05) is 12.1 Å². The summed E-state index contributed by atoms with van der Waals surface area (Å²) in [5.74, 6) is 0. The maximum atomic E-state index is 9.48. The highest BCUT2D eigenvalue weighted by molar-refractivity contribution is 7.12. The van der Waals surface area contributed by atoms with E-state index in [-0.39, 0.29) is 12.0 Å². The molecule has 0 unspecified atom stereocenters. The van der Waals surface area contributed by atoms with Gasteiger partial charge in [-0.05, 0) is 25.0 Å². The summed E-state index contributed by atoms with van der Waals surface area (Å²) in [4.78, 5) is 1.95. The van der Waals surface area contributed by atoms with Gasteiger partial charge in [0.15, 0.2) is 0 Å². The molecule has 1 heterocycles. The molecule has 1 aliphatic carbocycles. The predicted molar refractivity (Wildman–Crippen MR) is 68.7 cm³/mol. The van der Waals surface area contributed by atoms with Crippen LogP contribution in [-0.2, 0) is 6.54 Å². The minimum atomic E-state index is 0.106. The minimum absolute atomic E-state index is 0.106. The number of thiophene rings is 1. The van der Waals surface area contributed by atoms with E-state index in [0.717, 1.165) is 30.8 Å². The molecule has 1 aromatic heterocycles. The van der Waals surface area contributed by atoms with Crippen molar-refractivity contribution in [1.29, 1.82) is 5.26 Å². The molecule has 0 radical (unpaired) electrons. The van der Waals surface area contributed by atoms with E-state index in [1.165, 1.54) is 29.1 Å². The molecular formula is C13H18N2OS. The van der Waals surface area contributed by atoms with Crippen molar-refractivity contribution >= 4 is 11.3 Å². The van der Waals surface area contributed by atoms with E-state index in [2.05, 4.69) is 11.4 Å². The first kappa shape index (κ1) is 12.6. The van der Waals surface area contributed by atoms with Crippen molar-refractivity contribution in [2.45, 2.75) is 32.2 Å².